The third-order valence-corrected chi connectivity index (χ3v) is 5.80. The lowest BCUT2D eigenvalue weighted by Gasteiger charge is -2.15. The largest absolute Gasteiger partial charge is 0.493 e. The highest BCUT2D eigenvalue weighted by molar-refractivity contribution is 7.09. The molecule has 0 bridgehead atoms. The van der Waals surface area contributed by atoms with Gasteiger partial charge in [-0.25, -0.2) is 4.98 Å². The number of amides is 1. The Balaban J connectivity index is 1.66. The Bertz CT molecular complexity index is 1070. The maximum absolute atomic E-state index is 13.6. The monoisotopic (exact) mass is 441 g/mol. The Labute approximate surface area is 172 Å². The highest BCUT2D eigenvalue weighted by atomic mass is 35.5. The predicted molar refractivity (Wildman–Crippen MR) is 103 cm³/mol. The number of hydrogen-bond acceptors (Lipinski definition) is 4. The predicted octanol–water partition coefficient (Wildman–Crippen LogP) is 5.02. The van der Waals surface area contributed by atoms with Gasteiger partial charge in [0, 0.05) is 29.6 Å². The molecule has 1 amide bonds. The van der Waals surface area contributed by atoms with Gasteiger partial charge in [0.2, 0.25) is 0 Å². The van der Waals surface area contributed by atoms with Crippen LogP contribution < -0.4 is 5.32 Å². The Morgan fingerprint density at radius 3 is 2.93 bits per heavy atom. The Morgan fingerprint density at radius 1 is 1.45 bits per heavy atom. The molecular weight excluding hydrogens is 427 g/mol. The van der Waals surface area contributed by atoms with E-state index in [2.05, 4.69) is 10.3 Å². The SMILES string of the molecule is O=C(NCCc1cccs1)c1nc2c(C(F)(F)F)cc(C3CC=CO3)cn2c1Cl. The van der Waals surface area contributed by atoms with Crippen molar-refractivity contribution in [3.63, 3.8) is 0 Å². The van der Waals surface area contributed by atoms with E-state index in [1.54, 1.807) is 17.4 Å². The van der Waals surface area contributed by atoms with E-state index < -0.39 is 29.4 Å². The number of imidazole rings is 1. The lowest BCUT2D eigenvalue weighted by Crippen LogP contribution is -2.26. The van der Waals surface area contributed by atoms with Gasteiger partial charge in [0.05, 0.1) is 11.8 Å². The molecule has 0 saturated heterocycles. The lowest BCUT2D eigenvalue weighted by molar-refractivity contribution is -0.136. The smallest absolute Gasteiger partial charge is 0.419 e. The number of alkyl halides is 3. The van der Waals surface area contributed by atoms with Crippen LogP contribution in [-0.4, -0.2) is 21.8 Å². The molecule has 10 heteroatoms. The number of carbonyl (C=O) groups is 1. The first-order valence-corrected chi connectivity index (χ1v) is 10.00. The number of hydrogen-bond donors (Lipinski definition) is 1. The summed E-state index contributed by atoms with van der Waals surface area (Å²) in [4.78, 5) is 17.5. The van der Waals surface area contributed by atoms with Gasteiger partial charge in [-0.05, 0) is 30.0 Å². The number of nitrogens with zero attached hydrogens (tertiary/aromatic N) is 2. The molecule has 1 aliphatic heterocycles. The molecule has 152 valence electrons. The summed E-state index contributed by atoms with van der Waals surface area (Å²) in [6, 6.07) is 4.83. The van der Waals surface area contributed by atoms with E-state index in [0.29, 0.717) is 24.9 Å². The first-order valence-electron chi connectivity index (χ1n) is 8.74. The van der Waals surface area contributed by atoms with Gasteiger partial charge in [0.15, 0.2) is 11.3 Å². The van der Waals surface area contributed by atoms with Crippen molar-refractivity contribution in [1.29, 1.82) is 0 Å². The van der Waals surface area contributed by atoms with Crippen molar-refractivity contribution in [1.82, 2.24) is 14.7 Å². The summed E-state index contributed by atoms with van der Waals surface area (Å²) >= 11 is 7.81. The molecule has 1 aliphatic rings. The Hall–Kier alpha value is -2.52. The van der Waals surface area contributed by atoms with E-state index in [1.807, 2.05) is 17.5 Å². The molecule has 0 spiro atoms. The Kier molecular flexibility index (Phi) is 5.26. The van der Waals surface area contributed by atoms with Crippen LogP contribution in [0, 0.1) is 0 Å². The molecule has 0 aliphatic carbocycles. The van der Waals surface area contributed by atoms with Crippen LogP contribution >= 0.6 is 22.9 Å². The fraction of sp³-hybridized carbons (Fsp3) is 0.263. The van der Waals surface area contributed by atoms with Gasteiger partial charge >= 0.3 is 6.18 Å². The van der Waals surface area contributed by atoms with Crippen LogP contribution in [-0.2, 0) is 17.3 Å². The van der Waals surface area contributed by atoms with Crippen LogP contribution in [0.4, 0.5) is 13.2 Å². The average molecular weight is 442 g/mol. The Morgan fingerprint density at radius 2 is 2.28 bits per heavy atom. The molecule has 3 aromatic rings. The molecule has 0 aromatic carbocycles. The minimum Gasteiger partial charge on any atom is -0.493 e. The second-order valence-electron chi connectivity index (χ2n) is 6.45. The van der Waals surface area contributed by atoms with Crippen molar-refractivity contribution in [3.8, 4) is 0 Å². The zero-order valence-electron chi connectivity index (χ0n) is 14.9. The van der Waals surface area contributed by atoms with Crippen LogP contribution in [0.1, 0.15) is 39.0 Å². The number of aromatic nitrogens is 2. The maximum atomic E-state index is 13.6. The summed E-state index contributed by atoms with van der Waals surface area (Å²) < 4.78 is 47.3. The number of rotatable bonds is 5. The lowest BCUT2D eigenvalue weighted by atomic mass is 10.1. The van der Waals surface area contributed by atoms with Crippen molar-refractivity contribution in [2.45, 2.75) is 25.1 Å². The zero-order chi connectivity index (χ0) is 20.6. The molecule has 0 saturated carbocycles. The third-order valence-electron chi connectivity index (χ3n) is 4.50. The normalized spacial score (nSPS) is 16.3. The minimum absolute atomic E-state index is 0.174. The number of halogens is 4. The first kappa shape index (κ1) is 19.8. The summed E-state index contributed by atoms with van der Waals surface area (Å²) in [6.07, 6.45) is 0.463. The van der Waals surface area contributed by atoms with E-state index in [4.69, 9.17) is 16.3 Å². The van der Waals surface area contributed by atoms with Crippen LogP contribution in [0.5, 0.6) is 0 Å². The van der Waals surface area contributed by atoms with E-state index in [0.717, 1.165) is 15.3 Å². The van der Waals surface area contributed by atoms with Gasteiger partial charge in [-0.3, -0.25) is 9.20 Å². The highest BCUT2D eigenvalue weighted by Gasteiger charge is 2.36. The molecule has 0 radical (unpaired) electrons. The summed E-state index contributed by atoms with van der Waals surface area (Å²) in [6.45, 7) is 0.322. The number of pyridine rings is 1. The summed E-state index contributed by atoms with van der Waals surface area (Å²) in [5.41, 5.74) is -1.32. The topological polar surface area (TPSA) is 55.6 Å². The van der Waals surface area contributed by atoms with Crippen molar-refractivity contribution in [2.75, 3.05) is 6.54 Å². The summed E-state index contributed by atoms with van der Waals surface area (Å²) in [7, 11) is 0. The van der Waals surface area contributed by atoms with Gasteiger partial charge in [0.25, 0.3) is 5.91 Å². The van der Waals surface area contributed by atoms with Crippen molar-refractivity contribution in [2.24, 2.45) is 0 Å². The van der Waals surface area contributed by atoms with Gasteiger partial charge in [0.1, 0.15) is 11.3 Å². The molecular formula is C19H15ClF3N3O2S. The molecule has 29 heavy (non-hydrogen) atoms. The number of nitrogens with one attached hydrogen (secondary N) is 1. The molecule has 3 aromatic heterocycles. The van der Waals surface area contributed by atoms with E-state index in [9.17, 15) is 18.0 Å². The first-order chi connectivity index (χ1) is 13.8. The van der Waals surface area contributed by atoms with Crippen LogP contribution in [0.15, 0.2) is 42.1 Å². The van der Waals surface area contributed by atoms with Crippen molar-refractivity contribution in [3.05, 3.63) is 69.0 Å². The fourth-order valence-electron chi connectivity index (χ4n) is 3.11. The standard InChI is InChI=1S/C19H15ClF3N3O2S/c20-16-15(18(27)24-6-5-12-3-2-8-29-12)25-17-13(19(21,22)23)9-11(10-26(16)17)14-4-1-7-28-14/h1-3,7-10,14H,4-6H2,(H,24,27). The third kappa shape index (κ3) is 3.97. The summed E-state index contributed by atoms with van der Waals surface area (Å²) in [5.74, 6) is -0.622. The van der Waals surface area contributed by atoms with Gasteiger partial charge in [-0.15, -0.1) is 11.3 Å². The number of fused-ring (bicyclic) bond motifs is 1. The number of thiophene rings is 1. The molecule has 4 heterocycles. The van der Waals surface area contributed by atoms with E-state index in [-0.39, 0.29) is 10.8 Å². The maximum Gasteiger partial charge on any atom is 0.419 e. The van der Waals surface area contributed by atoms with Crippen molar-refractivity contribution >= 4 is 34.5 Å². The van der Waals surface area contributed by atoms with E-state index in [1.165, 1.54) is 12.5 Å². The molecule has 1 unspecified atom stereocenters. The van der Waals surface area contributed by atoms with Gasteiger partial charge < -0.3 is 10.1 Å². The van der Waals surface area contributed by atoms with Gasteiger partial charge in [-0.1, -0.05) is 17.7 Å². The average Bonchev–Trinajstić information content (AvgIpc) is 3.42. The molecule has 1 N–H and O–H groups in total. The molecule has 5 nitrogen and oxygen atoms in total. The van der Waals surface area contributed by atoms with Crippen LogP contribution in [0.3, 0.4) is 0 Å². The second kappa shape index (κ2) is 7.72. The molecule has 0 fully saturated rings. The summed E-state index contributed by atoms with van der Waals surface area (Å²) in [5, 5.41) is 4.41. The number of carbonyl (C=O) groups excluding carboxylic acids is 1. The van der Waals surface area contributed by atoms with Crippen molar-refractivity contribution < 1.29 is 22.7 Å². The quantitative estimate of drug-likeness (QED) is 0.605. The van der Waals surface area contributed by atoms with Gasteiger partial charge in [-0.2, -0.15) is 13.2 Å². The van der Waals surface area contributed by atoms with E-state index >= 15 is 0 Å². The highest BCUT2D eigenvalue weighted by Crippen LogP contribution is 2.37. The zero-order valence-corrected chi connectivity index (χ0v) is 16.4. The second-order valence-corrected chi connectivity index (χ2v) is 7.84. The van der Waals surface area contributed by atoms with Crippen LogP contribution in [0.25, 0.3) is 5.65 Å². The number of ether oxygens (including phenoxy) is 1. The molecule has 1 atom stereocenters. The minimum atomic E-state index is -4.66. The van der Waals surface area contributed by atoms with Crippen LogP contribution in [0.2, 0.25) is 5.15 Å². The molecule has 4 rings (SSSR count). The fourth-order valence-corrected chi connectivity index (χ4v) is 4.07.